The average molecular weight is 264 g/mol. The molecule has 1 aromatic rings. The van der Waals surface area contributed by atoms with E-state index in [1.807, 2.05) is 18.2 Å². The lowest BCUT2D eigenvalue weighted by atomic mass is 9.99. The molecule has 3 N–H and O–H groups in total. The van der Waals surface area contributed by atoms with Crippen molar-refractivity contribution in [1.29, 1.82) is 0 Å². The molecule has 0 aromatic heterocycles. The summed E-state index contributed by atoms with van der Waals surface area (Å²) < 4.78 is 16.5. The molecular formula is C14H20N2O3. The first-order valence-corrected chi connectivity index (χ1v) is 6.79. The van der Waals surface area contributed by atoms with E-state index in [9.17, 15) is 0 Å². The SMILES string of the molecule is NC(CC1COCCN1)c1ccc2c(c1)OCCO2. The van der Waals surface area contributed by atoms with Gasteiger partial charge in [0.2, 0.25) is 0 Å². The Bertz CT molecular complexity index is 433. The molecular weight excluding hydrogens is 244 g/mol. The minimum atomic E-state index is -0.0185. The van der Waals surface area contributed by atoms with Crippen molar-refractivity contribution >= 4 is 0 Å². The summed E-state index contributed by atoms with van der Waals surface area (Å²) in [5.74, 6) is 1.60. The number of hydrogen-bond acceptors (Lipinski definition) is 5. The Morgan fingerprint density at radius 1 is 1.21 bits per heavy atom. The van der Waals surface area contributed by atoms with Gasteiger partial charge < -0.3 is 25.3 Å². The normalized spacial score (nSPS) is 23.9. The Morgan fingerprint density at radius 3 is 2.84 bits per heavy atom. The van der Waals surface area contributed by atoms with Crippen molar-refractivity contribution in [2.45, 2.75) is 18.5 Å². The van der Waals surface area contributed by atoms with Crippen molar-refractivity contribution in [2.24, 2.45) is 5.73 Å². The lowest BCUT2D eigenvalue weighted by Gasteiger charge is -2.27. The first-order valence-electron chi connectivity index (χ1n) is 6.79. The fraction of sp³-hybridized carbons (Fsp3) is 0.571. The van der Waals surface area contributed by atoms with E-state index in [4.69, 9.17) is 19.9 Å². The quantitative estimate of drug-likeness (QED) is 0.847. The van der Waals surface area contributed by atoms with Gasteiger partial charge in [-0.2, -0.15) is 0 Å². The van der Waals surface area contributed by atoms with Crippen LogP contribution in [0.3, 0.4) is 0 Å². The zero-order chi connectivity index (χ0) is 13.1. The van der Waals surface area contributed by atoms with Crippen molar-refractivity contribution in [3.05, 3.63) is 23.8 Å². The topological polar surface area (TPSA) is 65.7 Å². The van der Waals surface area contributed by atoms with Gasteiger partial charge in [0.15, 0.2) is 11.5 Å². The molecule has 0 radical (unpaired) electrons. The second kappa shape index (κ2) is 5.77. The van der Waals surface area contributed by atoms with Gasteiger partial charge in [-0.3, -0.25) is 0 Å². The lowest BCUT2D eigenvalue weighted by Crippen LogP contribution is -2.42. The number of hydrogen-bond donors (Lipinski definition) is 2. The van der Waals surface area contributed by atoms with Crippen LogP contribution in [0.5, 0.6) is 11.5 Å². The van der Waals surface area contributed by atoms with Gasteiger partial charge >= 0.3 is 0 Å². The van der Waals surface area contributed by atoms with E-state index >= 15 is 0 Å². The van der Waals surface area contributed by atoms with Crippen molar-refractivity contribution in [3.63, 3.8) is 0 Å². The predicted octanol–water partition coefficient (Wildman–Crippen LogP) is 0.836. The predicted molar refractivity (Wildman–Crippen MR) is 71.6 cm³/mol. The van der Waals surface area contributed by atoms with Crippen LogP contribution in [0.4, 0.5) is 0 Å². The van der Waals surface area contributed by atoms with Crippen LogP contribution in [-0.2, 0) is 4.74 Å². The summed E-state index contributed by atoms with van der Waals surface area (Å²) >= 11 is 0. The number of fused-ring (bicyclic) bond motifs is 1. The maximum absolute atomic E-state index is 6.27. The molecule has 2 aliphatic heterocycles. The smallest absolute Gasteiger partial charge is 0.161 e. The maximum atomic E-state index is 6.27. The molecule has 1 fully saturated rings. The van der Waals surface area contributed by atoms with Crippen molar-refractivity contribution in [3.8, 4) is 11.5 Å². The van der Waals surface area contributed by atoms with Crippen LogP contribution in [0.15, 0.2) is 18.2 Å². The number of nitrogens with one attached hydrogen (secondary N) is 1. The Kier molecular flexibility index (Phi) is 3.87. The molecule has 0 aliphatic carbocycles. The highest BCUT2D eigenvalue weighted by Crippen LogP contribution is 2.33. The fourth-order valence-electron chi connectivity index (χ4n) is 2.50. The largest absolute Gasteiger partial charge is 0.486 e. The molecule has 5 heteroatoms. The van der Waals surface area contributed by atoms with E-state index in [0.29, 0.717) is 19.3 Å². The van der Waals surface area contributed by atoms with Gasteiger partial charge in [0.1, 0.15) is 13.2 Å². The molecule has 19 heavy (non-hydrogen) atoms. The number of morpholine rings is 1. The van der Waals surface area contributed by atoms with E-state index < -0.39 is 0 Å². The molecule has 3 rings (SSSR count). The highest BCUT2D eigenvalue weighted by Gasteiger charge is 2.19. The van der Waals surface area contributed by atoms with Gasteiger partial charge in [-0.1, -0.05) is 6.07 Å². The molecule has 2 unspecified atom stereocenters. The number of benzene rings is 1. The second-order valence-electron chi connectivity index (χ2n) is 4.97. The molecule has 2 atom stereocenters. The van der Waals surface area contributed by atoms with Gasteiger partial charge in [0.25, 0.3) is 0 Å². The average Bonchev–Trinajstić information content (AvgIpc) is 2.48. The summed E-state index contributed by atoms with van der Waals surface area (Å²) in [5, 5.41) is 3.42. The van der Waals surface area contributed by atoms with Gasteiger partial charge in [0, 0.05) is 18.6 Å². The van der Waals surface area contributed by atoms with E-state index in [1.54, 1.807) is 0 Å². The number of rotatable bonds is 3. The Labute approximate surface area is 113 Å². The summed E-state index contributed by atoms with van der Waals surface area (Å²) in [7, 11) is 0. The minimum Gasteiger partial charge on any atom is -0.486 e. The molecule has 0 amide bonds. The van der Waals surface area contributed by atoms with Crippen LogP contribution in [-0.4, -0.2) is 39.0 Å². The Balaban J connectivity index is 1.67. The first-order chi connectivity index (χ1) is 9.33. The van der Waals surface area contributed by atoms with E-state index in [1.165, 1.54) is 0 Å². The molecule has 0 spiro atoms. The maximum Gasteiger partial charge on any atom is 0.161 e. The van der Waals surface area contributed by atoms with Crippen molar-refractivity contribution in [2.75, 3.05) is 33.0 Å². The molecule has 5 nitrogen and oxygen atoms in total. The number of nitrogens with two attached hydrogens (primary N) is 1. The second-order valence-corrected chi connectivity index (χ2v) is 4.97. The van der Waals surface area contributed by atoms with Crippen LogP contribution in [0, 0.1) is 0 Å². The third-order valence-electron chi connectivity index (χ3n) is 3.53. The zero-order valence-electron chi connectivity index (χ0n) is 10.9. The molecule has 2 heterocycles. The summed E-state index contributed by atoms with van der Waals surface area (Å²) in [6.45, 7) is 3.64. The van der Waals surface area contributed by atoms with Crippen LogP contribution in [0.1, 0.15) is 18.0 Å². The van der Waals surface area contributed by atoms with E-state index in [-0.39, 0.29) is 6.04 Å². The molecule has 0 saturated carbocycles. The van der Waals surface area contributed by atoms with Crippen LogP contribution < -0.4 is 20.5 Å². The molecule has 1 aromatic carbocycles. The van der Waals surface area contributed by atoms with E-state index in [2.05, 4.69) is 5.32 Å². The monoisotopic (exact) mass is 264 g/mol. The molecule has 2 aliphatic rings. The summed E-state index contributed by atoms with van der Waals surface area (Å²) in [4.78, 5) is 0. The van der Waals surface area contributed by atoms with Crippen LogP contribution in [0.25, 0.3) is 0 Å². The van der Waals surface area contributed by atoms with Crippen molar-refractivity contribution < 1.29 is 14.2 Å². The summed E-state index contributed by atoms with van der Waals surface area (Å²) in [6.07, 6.45) is 0.861. The van der Waals surface area contributed by atoms with Gasteiger partial charge in [-0.05, 0) is 24.1 Å². The zero-order valence-corrected chi connectivity index (χ0v) is 10.9. The molecule has 104 valence electrons. The molecule has 1 saturated heterocycles. The van der Waals surface area contributed by atoms with Gasteiger partial charge in [0.05, 0.1) is 13.2 Å². The van der Waals surface area contributed by atoms with Crippen LogP contribution in [0.2, 0.25) is 0 Å². The highest BCUT2D eigenvalue weighted by molar-refractivity contribution is 5.44. The number of ether oxygens (including phenoxy) is 3. The minimum absolute atomic E-state index is 0.0185. The summed E-state index contributed by atoms with van der Waals surface area (Å²) in [5.41, 5.74) is 7.35. The Hall–Kier alpha value is -1.30. The van der Waals surface area contributed by atoms with E-state index in [0.717, 1.165) is 43.2 Å². The third kappa shape index (κ3) is 3.00. The van der Waals surface area contributed by atoms with Crippen LogP contribution >= 0.6 is 0 Å². The Morgan fingerprint density at radius 2 is 2.05 bits per heavy atom. The van der Waals surface area contributed by atoms with Gasteiger partial charge in [-0.15, -0.1) is 0 Å². The molecule has 0 bridgehead atoms. The van der Waals surface area contributed by atoms with Gasteiger partial charge in [-0.25, -0.2) is 0 Å². The summed E-state index contributed by atoms with van der Waals surface area (Å²) in [6, 6.07) is 6.26. The highest BCUT2D eigenvalue weighted by atomic mass is 16.6. The fourth-order valence-corrected chi connectivity index (χ4v) is 2.50. The standard InChI is InChI=1S/C14H20N2O3/c15-12(8-11-9-17-4-3-16-11)10-1-2-13-14(7-10)19-6-5-18-13/h1-2,7,11-12,16H,3-6,8-9,15H2. The van der Waals surface area contributed by atoms with Crippen molar-refractivity contribution in [1.82, 2.24) is 5.32 Å². The third-order valence-corrected chi connectivity index (χ3v) is 3.53. The lowest BCUT2D eigenvalue weighted by molar-refractivity contribution is 0.0719. The first kappa shape index (κ1) is 12.7.